The van der Waals surface area contributed by atoms with E-state index < -0.39 is 18.9 Å². The first-order chi connectivity index (χ1) is 15.8. The summed E-state index contributed by atoms with van der Waals surface area (Å²) in [5, 5.41) is 0.111. The molecule has 0 aliphatic carbocycles. The van der Waals surface area contributed by atoms with Crippen molar-refractivity contribution in [3.8, 4) is 0 Å². The third-order valence-corrected chi connectivity index (χ3v) is 12.7. The van der Waals surface area contributed by atoms with Crippen LogP contribution in [-0.2, 0) is 11.0 Å². The lowest BCUT2D eigenvalue weighted by Gasteiger charge is -2.41. The number of aromatic nitrogens is 2. The molecule has 0 bridgehead atoms. The van der Waals surface area contributed by atoms with Crippen LogP contribution >= 0.6 is 10.6 Å². The minimum absolute atomic E-state index is 0.111. The predicted octanol–water partition coefficient (Wildman–Crippen LogP) is 5.04. The summed E-state index contributed by atoms with van der Waals surface area (Å²) in [4.78, 5) is 19.6. The van der Waals surface area contributed by atoms with Gasteiger partial charge >= 0.3 is 0 Å². The molecule has 1 aromatic carbocycles. The van der Waals surface area contributed by atoms with E-state index in [1.54, 1.807) is 22.9 Å². The molecule has 188 valence electrons. The van der Waals surface area contributed by atoms with Crippen LogP contribution in [0.1, 0.15) is 32.0 Å². The van der Waals surface area contributed by atoms with Crippen LogP contribution in [0, 0.1) is 5.82 Å². The van der Waals surface area contributed by atoms with Crippen molar-refractivity contribution in [2.45, 2.75) is 45.4 Å². The SMILES string of the molecule is CC(C)(C)[Si](C)(C)OC/C=C/c1cn(Cc2ccc(F)cc2)c(=O)c(N2CCS(O)(O)CC2)n1. The molecule has 2 heterocycles. The molecule has 0 radical (unpaired) electrons. The summed E-state index contributed by atoms with van der Waals surface area (Å²) in [7, 11) is -4.47. The highest BCUT2D eigenvalue weighted by Gasteiger charge is 2.36. The first-order valence-corrected chi connectivity index (χ1v) is 16.2. The maximum absolute atomic E-state index is 13.3. The minimum atomic E-state index is -2.59. The molecule has 0 spiro atoms. The van der Waals surface area contributed by atoms with Gasteiger partial charge in [-0.3, -0.25) is 13.9 Å². The van der Waals surface area contributed by atoms with Crippen molar-refractivity contribution in [3.63, 3.8) is 0 Å². The molecular weight excluding hydrogens is 473 g/mol. The van der Waals surface area contributed by atoms with Crippen molar-refractivity contribution in [1.82, 2.24) is 9.55 Å². The van der Waals surface area contributed by atoms with Gasteiger partial charge in [0.05, 0.1) is 30.4 Å². The Balaban J connectivity index is 1.87. The Morgan fingerprint density at radius 1 is 1.18 bits per heavy atom. The normalized spacial score (nSPS) is 17.8. The monoisotopic (exact) mass is 509 g/mol. The summed E-state index contributed by atoms with van der Waals surface area (Å²) in [5.41, 5.74) is 1.13. The lowest BCUT2D eigenvalue weighted by molar-refractivity contribution is 0.328. The van der Waals surface area contributed by atoms with Crippen LogP contribution in [0.25, 0.3) is 6.08 Å². The standard InChI is InChI=1S/C24H36FN3O4SSi/c1-24(2,3)34(4,5)32-14-6-7-21-18-28(17-19-8-10-20(25)11-9-19)23(29)22(26-21)27-12-15-33(30,31)16-13-27/h6-11,18,30-31H,12-17H2,1-5H3/b7-6+. The highest BCUT2D eigenvalue weighted by atomic mass is 32.3. The van der Waals surface area contributed by atoms with Gasteiger partial charge in [-0.1, -0.05) is 39.0 Å². The fourth-order valence-corrected chi connectivity index (χ4v) is 5.49. The Hall–Kier alpha value is -1.98. The van der Waals surface area contributed by atoms with Crippen LogP contribution in [-0.4, -0.2) is 58.2 Å². The fraction of sp³-hybridized carbons (Fsp3) is 0.500. The van der Waals surface area contributed by atoms with Crippen LogP contribution in [0.2, 0.25) is 18.1 Å². The molecule has 1 fully saturated rings. The highest BCUT2D eigenvalue weighted by molar-refractivity contribution is 8.24. The highest BCUT2D eigenvalue weighted by Crippen LogP contribution is 2.40. The quantitative estimate of drug-likeness (QED) is 0.509. The van der Waals surface area contributed by atoms with E-state index >= 15 is 0 Å². The van der Waals surface area contributed by atoms with Crippen LogP contribution in [0.15, 0.2) is 41.3 Å². The van der Waals surface area contributed by atoms with Gasteiger partial charge in [0.15, 0.2) is 14.1 Å². The Kier molecular flexibility index (Phi) is 8.09. The second-order valence-electron chi connectivity index (χ2n) is 10.2. The van der Waals surface area contributed by atoms with E-state index in [2.05, 4.69) is 38.8 Å². The van der Waals surface area contributed by atoms with Crippen LogP contribution < -0.4 is 10.5 Å². The van der Waals surface area contributed by atoms with E-state index in [1.165, 1.54) is 12.1 Å². The Morgan fingerprint density at radius 2 is 1.79 bits per heavy atom. The Morgan fingerprint density at radius 3 is 2.38 bits per heavy atom. The third-order valence-electron chi connectivity index (χ3n) is 6.55. The van der Waals surface area contributed by atoms with E-state index in [4.69, 9.17) is 4.43 Å². The van der Waals surface area contributed by atoms with Gasteiger partial charge in [-0.25, -0.2) is 9.37 Å². The second kappa shape index (κ2) is 10.3. The number of halogens is 1. The van der Waals surface area contributed by atoms with E-state index in [0.29, 0.717) is 25.4 Å². The zero-order chi connectivity index (χ0) is 25.1. The molecule has 1 saturated heterocycles. The molecule has 1 aliphatic heterocycles. The van der Waals surface area contributed by atoms with Gasteiger partial charge in [0.1, 0.15) is 5.82 Å². The van der Waals surface area contributed by atoms with Crippen LogP contribution in [0.4, 0.5) is 10.2 Å². The van der Waals surface area contributed by atoms with E-state index in [9.17, 15) is 18.3 Å². The number of hydrogen-bond donors (Lipinski definition) is 2. The lowest BCUT2D eigenvalue weighted by atomic mass is 10.2. The van der Waals surface area contributed by atoms with Gasteiger partial charge in [-0.15, -0.1) is 0 Å². The van der Waals surface area contributed by atoms with Gasteiger partial charge in [-0.05, 0) is 41.9 Å². The zero-order valence-corrected chi connectivity index (χ0v) is 22.4. The summed E-state index contributed by atoms with van der Waals surface area (Å²) >= 11 is 0. The molecule has 7 nitrogen and oxygen atoms in total. The predicted molar refractivity (Wildman–Crippen MR) is 141 cm³/mol. The van der Waals surface area contributed by atoms with E-state index in [-0.39, 0.29) is 40.3 Å². The lowest BCUT2D eigenvalue weighted by Crippen LogP contribution is -2.42. The molecule has 1 aromatic heterocycles. The largest absolute Gasteiger partial charge is 0.413 e. The molecule has 0 atom stereocenters. The number of benzene rings is 1. The van der Waals surface area contributed by atoms with Crippen molar-refractivity contribution in [2.75, 3.05) is 36.1 Å². The summed E-state index contributed by atoms with van der Waals surface area (Å²) in [6, 6.07) is 6.05. The number of hydrogen-bond acceptors (Lipinski definition) is 6. The Bertz CT molecular complexity index is 1070. The molecule has 1 aliphatic rings. The van der Waals surface area contributed by atoms with Gasteiger partial charge in [0.2, 0.25) is 0 Å². The summed E-state index contributed by atoms with van der Waals surface area (Å²) in [6.07, 6.45) is 5.44. The number of rotatable bonds is 7. The molecule has 0 unspecified atom stereocenters. The fourth-order valence-electron chi connectivity index (χ4n) is 3.32. The van der Waals surface area contributed by atoms with Crippen molar-refractivity contribution in [2.24, 2.45) is 0 Å². The zero-order valence-electron chi connectivity index (χ0n) is 20.6. The summed E-state index contributed by atoms with van der Waals surface area (Å²) < 4.78 is 41.0. The molecule has 34 heavy (non-hydrogen) atoms. The van der Waals surface area contributed by atoms with Crippen molar-refractivity contribution in [1.29, 1.82) is 0 Å². The maximum Gasteiger partial charge on any atom is 0.293 e. The van der Waals surface area contributed by atoms with Crippen LogP contribution in [0.3, 0.4) is 0 Å². The average Bonchev–Trinajstić information content (AvgIpc) is 2.74. The average molecular weight is 510 g/mol. The molecule has 2 aromatic rings. The summed E-state index contributed by atoms with van der Waals surface area (Å²) in [5.74, 6) is 0.382. The third kappa shape index (κ3) is 6.79. The number of anilines is 1. The smallest absolute Gasteiger partial charge is 0.293 e. The molecule has 10 heteroatoms. The summed E-state index contributed by atoms with van der Waals surface area (Å²) in [6.45, 7) is 12.4. The molecule has 2 N–H and O–H groups in total. The maximum atomic E-state index is 13.3. The first kappa shape index (κ1) is 26.6. The molecule has 0 amide bonds. The van der Waals surface area contributed by atoms with Gasteiger partial charge in [0, 0.05) is 19.3 Å². The van der Waals surface area contributed by atoms with Crippen LogP contribution in [0.5, 0.6) is 0 Å². The van der Waals surface area contributed by atoms with Crippen molar-refractivity contribution >= 4 is 30.8 Å². The topological polar surface area (TPSA) is 87.8 Å². The number of nitrogens with zero attached hydrogens (tertiary/aromatic N) is 3. The molecule has 3 rings (SSSR count). The van der Waals surface area contributed by atoms with Gasteiger partial charge in [-0.2, -0.15) is 10.6 Å². The molecule has 0 saturated carbocycles. The first-order valence-electron chi connectivity index (χ1n) is 11.4. The van der Waals surface area contributed by atoms with E-state index in [0.717, 1.165) is 5.56 Å². The van der Waals surface area contributed by atoms with Crippen molar-refractivity contribution in [3.05, 3.63) is 64.0 Å². The van der Waals surface area contributed by atoms with E-state index in [1.807, 2.05) is 17.1 Å². The minimum Gasteiger partial charge on any atom is -0.413 e. The van der Waals surface area contributed by atoms with Gasteiger partial charge in [0.25, 0.3) is 5.56 Å². The van der Waals surface area contributed by atoms with Gasteiger partial charge < -0.3 is 13.9 Å². The second-order valence-corrected chi connectivity index (χ2v) is 17.5. The Labute approximate surface area is 203 Å². The molecular formula is C24H36FN3O4SSi. The van der Waals surface area contributed by atoms with Crippen molar-refractivity contribution < 1.29 is 17.9 Å².